The average Bonchev–Trinajstić information content (AvgIpc) is 3.55. The molecule has 8 nitrogen and oxygen atoms in total. The highest BCUT2D eigenvalue weighted by Crippen LogP contribution is 2.31. The van der Waals surface area contributed by atoms with Crippen molar-refractivity contribution in [1.82, 2.24) is 18.7 Å². The van der Waals surface area contributed by atoms with Gasteiger partial charge in [-0.25, -0.2) is 9.78 Å². The van der Waals surface area contributed by atoms with E-state index in [2.05, 4.69) is 11.9 Å². The Kier molecular flexibility index (Phi) is 6.72. The zero-order valence-corrected chi connectivity index (χ0v) is 20.1. The number of nitrogens with zero attached hydrogens (tertiary/aromatic N) is 4. The maximum atomic E-state index is 13.5. The van der Waals surface area contributed by atoms with Crippen LogP contribution in [0.5, 0.6) is 5.75 Å². The molecule has 0 radical (unpaired) electrons. The van der Waals surface area contributed by atoms with Gasteiger partial charge in [0.05, 0.1) is 12.9 Å². The first-order valence-corrected chi connectivity index (χ1v) is 12.6. The molecule has 0 bridgehead atoms. The highest BCUT2D eigenvalue weighted by atomic mass is 16.5. The lowest BCUT2D eigenvalue weighted by atomic mass is 10.1. The molecule has 1 atom stereocenters. The number of ether oxygens (including phenoxy) is 1. The third-order valence-corrected chi connectivity index (χ3v) is 6.95. The highest BCUT2D eigenvalue weighted by Gasteiger charge is 2.24. The van der Waals surface area contributed by atoms with E-state index in [4.69, 9.17) is 4.74 Å². The second kappa shape index (κ2) is 10.1. The third kappa shape index (κ3) is 4.62. The molecule has 2 aromatic carbocycles. The van der Waals surface area contributed by atoms with Crippen molar-refractivity contribution in [2.45, 2.75) is 70.7 Å². The van der Waals surface area contributed by atoms with Gasteiger partial charge in [-0.3, -0.25) is 13.9 Å². The number of unbranched alkanes of at least 4 members (excludes halogenated alkanes) is 1. The Morgan fingerprint density at radius 1 is 1.09 bits per heavy atom. The van der Waals surface area contributed by atoms with Crippen LogP contribution in [-0.2, 0) is 13.1 Å². The minimum atomic E-state index is -1.02. The second-order valence-corrected chi connectivity index (χ2v) is 9.44. The van der Waals surface area contributed by atoms with Gasteiger partial charge in [-0.2, -0.15) is 0 Å². The van der Waals surface area contributed by atoms with Gasteiger partial charge in [0.1, 0.15) is 18.5 Å². The molecule has 0 saturated heterocycles. The molecule has 1 saturated carbocycles. The van der Waals surface area contributed by atoms with Gasteiger partial charge in [0.2, 0.25) is 0 Å². The minimum absolute atomic E-state index is 0.0287. The van der Waals surface area contributed by atoms with E-state index < -0.39 is 17.4 Å². The van der Waals surface area contributed by atoms with E-state index in [0.717, 1.165) is 53.9 Å². The average molecular weight is 477 g/mol. The summed E-state index contributed by atoms with van der Waals surface area (Å²) < 4.78 is 10.5. The van der Waals surface area contributed by atoms with E-state index in [1.165, 1.54) is 0 Å². The monoisotopic (exact) mass is 476 g/mol. The van der Waals surface area contributed by atoms with E-state index in [1.54, 1.807) is 10.9 Å². The molecule has 1 fully saturated rings. The normalized spacial score (nSPS) is 15.3. The summed E-state index contributed by atoms with van der Waals surface area (Å²) in [5, 5.41) is 12.9. The van der Waals surface area contributed by atoms with Crippen LogP contribution in [0, 0.1) is 0 Å². The van der Waals surface area contributed by atoms with Crippen molar-refractivity contribution in [3.8, 4) is 5.75 Å². The predicted molar refractivity (Wildman–Crippen MR) is 136 cm³/mol. The highest BCUT2D eigenvalue weighted by molar-refractivity contribution is 5.83. The van der Waals surface area contributed by atoms with Gasteiger partial charge in [0.25, 0.3) is 5.56 Å². The fraction of sp³-hybridized carbons (Fsp3) is 0.444. The molecule has 2 aromatic heterocycles. The van der Waals surface area contributed by atoms with E-state index in [9.17, 15) is 14.7 Å². The second-order valence-electron chi connectivity index (χ2n) is 9.44. The van der Waals surface area contributed by atoms with Crippen molar-refractivity contribution in [2.75, 3.05) is 6.61 Å². The molecule has 4 aromatic rings. The fourth-order valence-corrected chi connectivity index (χ4v) is 5.06. The number of benzene rings is 2. The Hall–Kier alpha value is -3.39. The number of rotatable bonds is 9. The lowest BCUT2D eigenvalue weighted by Gasteiger charge is -2.17. The van der Waals surface area contributed by atoms with Crippen molar-refractivity contribution >= 4 is 21.9 Å². The first kappa shape index (κ1) is 23.4. The molecule has 0 unspecified atom stereocenters. The molecule has 1 aliphatic rings. The van der Waals surface area contributed by atoms with Crippen LogP contribution in [0.4, 0.5) is 0 Å². The van der Waals surface area contributed by atoms with Gasteiger partial charge in [-0.05, 0) is 42.2 Å². The molecule has 2 heterocycles. The number of fused-ring (bicyclic) bond motifs is 2. The summed E-state index contributed by atoms with van der Waals surface area (Å²) in [5.74, 6) is 0.630. The summed E-state index contributed by atoms with van der Waals surface area (Å²) in [5.41, 5.74) is 0.0676. The van der Waals surface area contributed by atoms with Gasteiger partial charge in [0.15, 0.2) is 11.2 Å². The maximum absolute atomic E-state index is 13.5. The largest absolute Gasteiger partial charge is 0.491 e. The molecule has 1 aliphatic carbocycles. The first-order chi connectivity index (χ1) is 17.1. The van der Waals surface area contributed by atoms with Gasteiger partial charge >= 0.3 is 5.69 Å². The topological polar surface area (TPSA) is 91.3 Å². The zero-order chi connectivity index (χ0) is 24.4. The number of aliphatic hydroxyl groups excluding tert-OH is 1. The van der Waals surface area contributed by atoms with Crippen LogP contribution in [0.1, 0.15) is 51.5 Å². The Balaban J connectivity index is 1.43. The van der Waals surface area contributed by atoms with Crippen molar-refractivity contribution in [2.24, 2.45) is 0 Å². The standard InChI is InChI=1S/C27H32N4O4/c1-2-3-14-29-25-24(31(18-28-25)21-10-6-7-11-21)26(33)30(27(29)34)16-22(32)17-35-23-13-12-19-8-4-5-9-20(19)15-23/h4-5,8-9,12-13,15,18,21-22,32H,2-3,6-7,10-11,14,16-17H2,1H3/t22-/m1/s1. The van der Waals surface area contributed by atoms with Crippen molar-refractivity contribution in [3.63, 3.8) is 0 Å². The van der Waals surface area contributed by atoms with E-state index in [-0.39, 0.29) is 19.2 Å². The first-order valence-electron chi connectivity index (χ1n) is 12.6. The van der Waals surface area contributed by atoms with Crippen LogP contribution in [-0.4, -0.2) is 36.5 Å². The van der Waals surface area contributed by atoms with Crippen molar-refractivity contribution in [1.29, 1.82) is 0 Å². The predicted octanol–water partition coefficient (Wildman–Crippen LogP) is 3.87. The van der Waals surface area contributed by atoms with Crippen molar-refractivity contribution in [3.05, 3.63) is 69.6 Å². The summed E-state index contributed by atoms with van der Waals surface area (Å²) in [7, 11) is 0. The number of imidazole rings is 1. The minimum Gasteiger partial charge on any atom is -0.491 e. The molecule has 35 heavy (non-hydrogen) atoms. The molecular weight excluding hydrogens is 444 g/mol. The third-order valence-electron chi connectivity index (χ3n) is 6.95. The van der Waals surface area contributed by atoms with Gasteiger partial charge in [0, 0.05) is 12.6 Å². The molecule has 184 valence electrons. The van der Waals surface area contributed by atoms with Crippen LogP contribution in [0.3, 0.4) is 0 Å². The van der Waals surface area contributed by atoms with Gasteiger partial charge in [-0.1, -0.05) is 56.5 Å². The summed E-state index contributed by atoms with van der Waals surface area (Å²) in [4.78, 5) is 31.3. The summed E-state index contributed by atoms with van der Waals surface area (Å²) in [6.07, 6.45) is 6.65. The molecule has 8 heteroatoms. The smallest absolute Gasteiger partial charge is 0.332 e. The van der Waals surface area contributed by atoms with E-state index in [1.807, 2.05) is 47.0 Å². The molecule has 0 spiro atoms. The lowest BCUT2D eigenvalue weighted by molar-refractivity contribution is 0.0902. The molecule has 5 rings (SSSR count). The lowest BCUT2D eigenvalue weighted by Crippen LogP contribution is -2.44. The summed E-state index contributed by atoms with van der Waals surface area (Å²) >= 11 is 0. The number of aliphatic hydroxyl groups is 1. The number of hydrogen-bond acceptors (Lipinski definition) is 5. The SMILES string of the molecule is CCCCn1c(=O)n(C[C@@H](O)COc2ccc3ccccc3c2)c(=O)c2c1ncn2C1CCCC1. The number of aromatic nitrogens is 4. The Labute approximate surface area is 203 Å². The summed E-state index contributed by atoms with van der Waals surface area (Å²) in [6, 6.07) is 13.9. The van der Waals surface area contributed by atoms with Gasteiger partial charge in [-0.15, -0.1) is 0 Å². The van der Waals surface area contributed by atoms with Crippen LogP contribution in [0.25, 0.3) is 21.9 Å². The van der Waals surface area contributed by atoms with Crippen LogP contribution in [0.15, 0.2) is 58.4 Å². The van der Waals surface area contributed by atoms with Crippen LogP contribution < -0.4 is 16.0 Å². The van der Waals surface area contributed by atoms with Gasteiger partial charge < -0.3 is 14.4 Å². The van der Waals surface area contributed by atoms with Crippen LogP contribution in [0.2, 0.25) is 0 Å². The van der Waals surface area contributed by atoms with E-state index in [0.29, 0.717) is 23.5 Å². The van der Waals surface area contributed by atoms with Crippen LogP contribution >= 0.6 is 0 Å². The Bertz CT molecular complexity index is 1450. The molecular formula is C27H32N4O4. The Morgan fingerprint density at radius 2 is 1.86 bits per heavy atom. The number of hydrogen-bond donors (Lipinski definition) is 1. The molecule has 1 N–H and O–H groups in total. The molecule has 0 amide bonds. The van der Waals surface area contributed by atoms with Crippen molar-refractivity contribution < 1.29 is 9.84 Å². The fourth-order valence-electron chi connectivity index (χ4n) is 5.06. The quantitative estimate of drug-likeness (QED) is 0.396. The molecule has 0 aliphatic heterocycles. The maximum Gasteiger partial charge on any atom is 0.332 e. The van der Waals surface area contributed by atoms with E-state index >= 15 is 0 Å². The summed E-state index contributed by atoms with van der Waals surface area (Å²) in [6.45, 7) is 2.38. The Morgan fingerprint density at radius 3 is 2.63 bits per heavy atom. The zero-order valence-electron chi connectivity index (χ0n) is 20.1. The number of aryl methyl sites for hydroxylation is 1.